The Morgan fingerprint density at radius 2 is 1.90 bits per heavy atom. The quantitative estimate of drug-likeness (QED) is 0.556. The smallest absolute Gasteiger partial charge is 0.257 e. The van der Waals surface area contributed by atoms with Gasteiger partial charge in [-0.05, 0) is 79.3 Å². The van der Waals surface area contributed by atoms with E-state index in [-0.39, 0.29) is 0 Å². The van der Waals surface area contributed by atoms with Crippen LogP contribution in [0.25, 0.3) is 17.0 Å². The fourth-order valence-corrected chi connectivity index (χ4v) is 4.19. The first-order valence-corrected chi connectivity index (χ1v) is 10.3. The Morgan fingerprint density at radius 3 is 2.48 bits per heavy atom. The normalized spacial score (nSPS) is 16.1. The van der Waals surface area contributed by atoms with Crippen LogP contribution in [0.2, 0.25) is 0 Å². The number of allylic oxidation sites excluding steroid dienone is 4. The van der Waals surface area contributed by atoms with Crippen molar-refractivity contribution in [2.75, 3.05) is 14.1 Å². The summed E-state index contributed by atoms with van der Waals surface area (Å²) in [5.41, 5.74) is 8.41. The molecule has 1 aliphatic carbocycles. The highest BCUT2D eigenvalue weighted by Gasteiger charge is 2.30. The summed E-state index contributed by atoms with van der Waals surface area (Å²) < 4.78 is 5.64. The third-order valence-electron chi connectivity index (χ3n) is 5.94. The van der Waals surface area contributed by atoms with Crippen molar-refractivity contribution in [1.82, 2.24) is 15.0 Å². The van der Waals surface area contributed by atoms with Gasteiger partial charge in [-0.2, -0.15) is 4.98 Å². The molecule has 0 bridgehead atoms. The third kappa shape index (κ3) is 4.36. The Kier molecular flexibility index (Phi) is 5.83. The van der Waals surface area contributed by atoms with E-state index >= 15 is 0 Å². The predicted molar refractivity (Wildman–Crippen MR) is 120 cm³/mol. The molecule has 0 fully saturated rings. The summed E-state index contributed by atoms with van der Waals surface area (Å²) in [4.78, 5) is 6.89. The van der Waals surface area contributed by atoms with Crippen LogP contribution in [0.4, 0.5) is 0 Å². The number of aryl methyl sites for hydroxylation is 2. The molecular weight excluding hydrogens is 358 g/mol. The van der Waals surface area contributed by atoms with Gasteiger partial charge >= 0.3 is 0 Å². The van der Waals surface area contributed by atoms with Gasteiger partial charge in [-0.3, -0.25) is 0 Å². The maximum Gasteiger partial charge on any atom is 0.257 e. The molecular formula is C25H33N3O. The number of nitrogens with zero attached hydrogens (tertiary/aromatic N) is 3. The summed E-state index contributed by atoms with van der Waals surface area (Å²) in [5.74, 6) is 1.13. The summed E-state index contributed by atoms with van der Waals surface area (Å²) in [6.45, 7) is 17.1. The highest BCUT2D eigenvalue weighted by Crippen LogP contribution is 2.43. The van der Waals surface area contributed by atoms with Crippen molar-refractivity contribution in [2.24, 2.45) is 5.41 Å². The molecule has 0 N–H and O–H groups in total. The van der Waals surface area contributed by atoms with Crippen LogP contribution in [0.1, 0.15) is 55.7 Å². The van der Waals surface area contributed by atoms with Gasteiger partial charge in [0.25, 0.3) is 5.89 Å². The summed E-state index contributed by atoms with van der Waals surface area (Å²) in [6.07, 6.45) is 5.93. The van der Waals surface area contributed by atoms with Crippen molar-refractivity contribution in [1.29, 1.82) is 0 Å². The van der Waals surface area contributed by atoms with E-state index in [1.54, 1.807) is 0 Å². The van der Waals surface area contributed by atoms with Gasteiger partial charge in [0.15, 0.2) is 0 Å². The Morgan fingerprint density at radius 1 is 1.24 bits per heavy atom. The standard InChI is InChI=1S/C25H33N3O/c1-9-10-20-16(2)13-19(14-17(20)3)23-26-24(29-27-23)18(4)21-11-12-25(5,6)15-22(21)28(7)8/h9,13-14H,1,4,10-12,15H2,2-3,5-8H3. The zero-order chi connectivity index (χ0) is 21.3. The average Bonchev–Trinajstić information content (AvgIpc) is 3.13. The number of benzene rings is 1. The Balaban J connectivity index is 1.94. The summed E-state index contributed by atoms with van der Waals surface area (Å²) in [6, 6.07) is 4.24. The fraction of sp³-hybridized carbons (Fsp3) is 0.440. The number of aromatic nitrogens is 2. The van der Waals surface area contributed by atoms with E-state index in [0.29, 0.717) is 17.1 Å². The second-order valence-electron chi connectivity index (χ2n) is 9.14. The maximum atomic E-state index is 5.64. The molecule has 3 rings (SSSR count). The predicted octanol–water partition coefficient (Wildman–Crippen LogP) is 6.12. The first-order valence-electron chi connectivity index (χ1n) is 10.3. The molecule has 0 spiro atoms. The molecule has 0 amide bonds. The second kappa shape index (κ2) is 8.02. The van der Waals surface area contributed by atoms with Crippen LogP contribution >= 0.6 is 0 Å². The number of hydrogen-bond donors (Lipinski definition) is 0. The molecule has 4 nitrogen and oxygen atoms in total. The molecule has 0 saturated carbocycles. The summed E-state index contributed by atoms with van der Waals surface area (Å²) in [7, 11) is 4.19. The van der Waals surface area contributed by atoms with Crippen LogP contribution in [-0.4, -0.2) is 29.1 Å². The third-order valence-corrected chi connectivity index (χ3v) is 5.94. The Labute approximate surface area is 175 Å². The van der Waals surface area contributed by atoms with Gasteiger partial charge in [0.2, 0.25) is 5.82 Å². The lowest BCUT2D eigenvalue weighted by Gasteiger charge is -2.36. The van der Waals surface area contributed by atoms with E-state index in [1.807, 2.05) is 6.08 Å². The van der Waals surface area contributed by atoms with Crippen LogP contribution in [0.15, 0.2) is 47.2 Å². The van der Waals surface area contributed by atoms with Crippen LogP contribution < -0.4 is 0 Å². The van der Waals surface area contributed by atoms with Crippen molar-refractivity contribution in [3.63, 3.8) is 0 Å². The molecule has 0 radical (unpaired) electrons. The monoisotopic (exact) mass is 391 g/mol. The van der Waals surface area contributed by atoms with Crippen molar-refractivity contribution < 1.29 is 4.52 Å². The molecule has 0 aliphatic heterocycles. The topological polar surface area (TPSA) is 42.2 Å². The summed E-state index contributed by atoms with van der Waals surface area (Å²) >= 11 is 0. The van der Waals surface area contributed by atoms with E-state index in [0.717, 1.165) is 36.8 Å². The molecule has 1 heterocycles. The largest absolute Gasteiger partial charge is 0.381 e. The van der Waals surface area contributed by atoms with Crippen LogP contribution in [-0.2, 0) is 6.42 Å². The molecule has 0 atom stereocenters. The van der Waals surface area contributed by atoms with Gasteiger partial charge in [-0.25, -0.2) is 0 Å². The summed E-state index contributed by atoms with van der Waals surface area (Å²) in [5, 5.41) is 4.26. The first kappa shape index (κ1) is 21.1. The highest BCUT2D eigenvalue weighted by molar-refractivity contribution is 5.74. The molecule has 1 aliphatic rings. The van der Waals surface area contributed by atoms with Crippen molar-refractivity contribution in [3.8, 4) is 11.4 Å². The molecule has 1 aromatic carbocycles. The molecule has 4 heteroatoms. The minimum atomic E-state index is 0.297. The van der Waals surface area contributed by atoms with Crippen LogP contribution in [0, 0.1) is 19.3 Å². The lowest BCUT2D eigenvalue weighted by Crippen LogP contribution is -2.26. The lowest BCUT2D eigenvalue weighted by atomic mass is 9.75. The SMILES string of the molecule is C=CCc1c(C)cc(-c2noc(C(=C)C3=C(N(C)C)CC(C)(C)CC3)n2)cc1C. The average molecular weight is 392 g/mol. The lowest BCUT2D eigenvalue weighted by molar-refractivity contribution is 0.278. The maximum absolute atomic E-state index is 5.64. The molecule has 2 aromatic rings. The van der Waals surface area contributed by atoms with Crippen molar-refractivity contribution in [3.05, 3.63) is 65.2 Å². The van der Waals surface area contributed by atoms with Gasteiger partial charge in [0.1, 0.15) is 0 Å². The first-order chi connectivity index (χ1) is 13.6. The van der Waals surface area contributed by atoms with E-state index < -0.39 is 0 Å². The molecule has 154 valence electrons. The minimum Gasteiger partial charge on any atom is -0.381 e. The molecule has 0 saturated heterocycles. The molecule has 1 aromatic heterocycles. The number of rotatable bonds is 6. The zero-order valence-corrected chi connectivity index (χ0v) is 18.7. The van der Waals surface area contributed by atoms with E-state index in [1.165, 1.54) is 28.0 Å². The van der Waals surface area contributed by atoms with Gasteiger partial charge < -0.3 is 9.42 Å². The Hall–Kier alpha value is -2.62. The van der Waals surface area contributed by atoms with E-state index in [2.05, 4.69) is 77.1 Å². The van der Waals surface area contributed by atoms with E-state index in [9.17, 15) is 0 Å². The van der Waals surface area contributed by atoms with Gasteiger partial charge in [-0.1, -0.05) is 31.7 Å². The van der Waals surface area contributed by atoms with E-state index in [4.69, 9.17) is 9.51 Å². The Bertz CT molecular complexity index is 953. The van der Waals surface area contributed by atoms with Gasteiger partial charge in [0.05, 0.1) is 0 Å². The van der Waals surface area contributed by atoms with Crippen molar-refractivity contribution in [2.45, 2.75) is 53.4 Å². The molecule has 29 heavy (non-hydrogen) atoms. The second-order valence-corrected chi connectivity index (χ2v) is 9.14. The van der Waals surface area contributed by atoms with Crippen LogP contribution in [0.5, 0.6) is 0 Å². The van der Waals surface area contributed by atoms with Crippen molar-refractivity contribution >= 4 is 5.57 Å². The number of hydrogen-bond acceptors (Lipinski definition) is 4. The fourth-order valence-electron chi connectivity index (χ4n) is 4.19. The zero-order valence-electron chi connectivity index (χ0n) is 18.7. The highest BCUT2D eigenvalue weighted by atomic mass is 16.5. The minimum absolute atomic E-state index is 0.297. The van der Waals surface area contributed by atoms with Gasteiger partial charge in [0, 0.05) is 30.9 Å². The van der Waals surface area contributed by atoms with Gasteiger partial charge in [-0.15, -0.1) is 6.58 Å². The molecule has 0 unspecified atom stereocenters. The van der Waals surface area contributed by atoms with Crippen LogP contribution in [0.3, 0.4) is 0 Å².